The maximum Gasteiger partial charge on any atom is 0.227 e. The Kier molecular flexibility index (Phi) is 6.29. The van der Waals surface area contributed by atoms with Crippen LogP contribution in [0.2, 0.25) is 0 Å². The van der Waals surface area contributed by atoms with E-state index in [2.05, 4.69) is 20.2 Å². The van der Waals surface area contributed by atoms with E-state index in [4.69, 9.17) is 4.74 Å². The van der Waals surface area contributed by atoms with Crippen LogP contribution in [0, 0.1) is 18.7 Å². The molecule has 1 aromatic carbocycles. The van der Waals surface area contributed by atoms with Gasteiger partial charge in [0.15, 0.2) is 0 Å². The standard InChI is InChI=1S/C22H26FN5O3/c1-15-25-19(27-9-2-3-10-27)13-20(26-15)31-11-8-24-22(30)16-12-21(29)28(14-16)18-6-4-17(23)5-7-18/h4-7,13,16H,2-3,8-12,14H2,1H3,(H,24,30). The highest BCUT2D eigenvalue weighted by atomic mass is 19.1. The van der Waals surface area contributed by atoms with Gasteiger partial charge in [0.05, 0.1) is 12.5 Å². The summed E-state index contributed by atoms with van der Waals surface area (Å²) in [5.41, 5.74) is 0.595. The van der Waals surface area contributed by atoms with Crippen molar-refractivity contribution in [1.29, 1.82) is 0 Å². The van der Waals surface area contributed by atoms with Gasteiger partial charge in [-0.2, -0.15) is 4.98 Å². The Morgan fingerprint density at radius 3 is 2.71 bits per heavy atom. The maximum absolute atomic E-state index is 13.1. The number of nitrogens with one attached hydrogen (secondary N) is 1. The van der Waals surface area contributed by atoms with Crippen LogP contribution in [0.15, 0.2) is 30.3 Å². The molecule has 0 radical (unpaired) electrons. The number of aryl methyl sites for hydroxylation is 1. The van der Waals surface area contributed by atoms with Crippen LogP contribution >= 0.6 is 0 Å². The van der Waals surface area contributed by atoms with E-state index in [0.29, 0.717) is 23.9 Å². The van der Waals surface area contributed by atoms with Crippen molar-refractivity contribution in [2.24, 2.45) is 5.92 Å². The molecule has 2 aromatic rings. The van der Waals surface area contributed by atoms with Gasteiger partial charge in [0, 0.05) is 37.8 Å². The summed E-state index contributed by atoms with van der Waals surface area (Å²) in [6.07, 6.45) is 2.45. The number of hydrogen-bond donors (Lipinski definition) is 1. The molecule has 0 bridgehead atoms. The lowest BCUT2D eigenvalue weighted by Crippen LogP contribution is -2.35. The number of carbonyl (C=O) groups excluding carboxylic acids is 2. The van der Waals surface area contributed by atoms with Gasteiger partial charge < -0.3 is 19.9 Å². The zero-order chi connectivity index (χ0) is 21.8. The van der Waals surface area contributed by atoms with Crippen molar-refractivity contribution in [3.05, 3.63) is 42.0 Å². The molecule has 0 saturated carbocycles. The summed E-state index contributed by atoms with van der Waals surface area (Å²) in [6.45, 7) is 4.66. The molecule has 1 atom stereocenters. The molecule has 164 valence electrons. The second-order valence-electron chi connectivity index (χ2n) is 7.83. The van der Waals surface area contributed by atoms with Crippen molar-refractivity contribution in [3.8, 4) is 5.88 Å². The fraction of sp³-hybridized carbons (Fsp3) is 0.455. The number of anilines is 2. The molecule has 0 spiro atoms. The summed E-state index contributed by atoms with van der Waals surface area (Å²) in [7, 11) is 0. The number of aromatic nitrogens is 2. The lowest BCUT2D eigenvalue weighted by atomic mass is 10.1. The first-order valence-electron chi connectivity index (χ1n) is 10.6. The van der Waals surface area contributed by atoms with E-state index >= 15 is 0 Å². The zero-order valence-electron chi connectivity index (χ0n) is 17.5. The largest absolute Gasteiger partial charge is 0.476 e. The number of hydrogen-bond acceptors (Lipinski definition) is 6. The minimum atomic E-state index is -0.444. The molecule has 2 aliphatic heterocycles. The van der Waals surface area contributed by atoms with Crippen molar-refractivity contribution in [3.63, 3.8) is 0 Å². The molecule has 2 saturated heterocycles. The minimum absolute atomic E-state index is 0.133. The van der Waals surface area contributed by atoms with Crippen LogP contribution in [-0.2, 0) is 9.59 Å². The third-order valence-electron chi connectivity index (χ3n) is 5.52. The van der Waals surface area contributed by atoms with Crippen LogP contribution in [0.5, 0.6) is 5.88 Å². The molecule has 9 heteroatoms. The van der Waals surface area contributed by atoms with Crippen LogP contribution in [-0.4, -0.2) is 54.6 Å². The SMILES string of the molecule is Cc1nc(OCCNC(=O)C2CC(=O)N(c3ccc(F)cc3)C2)cc(N2CCCC2)n1. The van der Waals surface area contributed by atoms with Crippen LogP contribution in [0.3, 0.4) is 0 Å². The molecule has 4 rings (SSSR count). The van der Waals surface area contributed by atoms with Gasteiger partial charge in [-0.25, -0.2) is 9.37 Å². The Morgan fingerprint density at radius 2 is 1.97 bits per heavy atom. The van der Waals surface area contributed by atoms with E-state index in [0.717, 1.165) is 31.7 Å². The Balaban J connectivity index is 1.25. The molecule has 3 heterocycles. The summed E-state index contributed by atoms with van der Waals surface area (Å²) >= 11 is 0. The van der Waals surface area contributed by atoms with Crippen molar-refractivity contribution in [1.82, 2.24) is 15.3 Å². The lowest BCUT2D eigenvalue weighted by Gasteiger charge is -2.18. The van der Waals surface area contributed by atoms with Crippen LogP contribution in [0.4, 0.5) is 15.9 Å². The third kappa shape index (κ3) is 5.10. The minimum Gasteiger partial charge on any atom is -0.476 e. The Morgan fingerprint density at radius 1 is 1.23 bits per heavy atom. The van der Waals surface area contributed by atoms with Crippen LogP contribution < -0.4 is 19.9 Å². The van der Waals surface area contributed by atoms with Crippen molar-refractivity contribution in [2.45, 2.75) is 26.2 Å². The number of rotatable bonds is 7. The highest BCUT2D eigenvalue weighted by Crippen LogP contribution is 2.25. The Hall–Kier alpha value is -3.23. The van der Waals surface area contributed by atoms with E-state index in [1.807, 2.05) is 13.0 Å². The van der Waals surface area contributed by atoms with E-state index in [9.17, 15) is 14.0 Å². The number of amides is 2. The first-order valence-corrected chi connectivity index (χ1v) is 10.6. The molecule has 1 unspecified atom stereocenters. The molecular formula is C22H26FN5O3. The van der Waals surface area contributed by atoms with Gasteiger partial charge in [0.2, 0.25) is 17.7 Å². The predicted octanol–water partition coefficient (Wildman–Crippen LogP) is 2.07. The first-order chi connectivity index (χ1) is 15.0. The number of nitrogens with zero attached hydrogens (tertiary/aromatic N) is 4. The molecule has 0 aliphatic carbocycles. The third-order valence-corrected chi connectivity index (χ3v) is 5.52. The molecule has 2 fully saturated rings. The molecule has 8 nitrogen and oxygen atoms in total. The summed E-state index contributed by atoms with van der Waals surface area (Å²) in [4.78, 5) is 37.3. The topological polar surface area (TPSA) is 87.7 Å². The molecule has 1 aromatic heterocycles. The van der Waals surface area contributed by atoms with Gasteiger partial charge in [0.1, 0.15) is 24.1 Å². The fourth-order valence-corrected chi connectivity index (χ4v) is 3.94. The van der Waals surface area contributed by atoms with E-state index in [1.54, 1.807) is 12.1 Å². The van der Waals surface area contributed by atoms with Gasteiger partial charge in [-0.3, -0.25) is 9.59 Å². The van der Waals surface area contributed by atoms with Crippen molar-refractivity contribution >= 4 is 23.3 Å². The smallest absolute Gasteiger partial charge is 0.227 e. The van der Waals surface area contributed by atoms with Gasteiger partial charge >= 0.3 is 0 Å². The predicted molar refractivity (Wildman–Crippen MR) is 114 cm³/mol. The van der Waals surface area contributed by atoms with E-state index in [-0.39, 0.29) is 37.2 Å². The normalized spacial score (nSPS) is 18.5. The highest BCUT2D eigenvalue weighted by Gasteiger charge is 2.35. The van der Waals surface area contributed by atoms with E-state index in [1.165, 1.54) is 17.0 Å². The average Bonchev–Trinajstić information content (AvgIpc) is 3.41. The summed E-state index contributed by atoms with van der Waals surface area (Å²) in [6, 6.07) is 7.52. The molecule has 1 N–H and O–H groups in total. The average molecular weight is 427 g/mol. The van der Waals surface area contributed by atoms with Crippen LogP contribution in [0.1, 0.15) is 25.1 Å². The van der Waals surface area contributed by atoms with Crippen molar-refractivity contribution < 1.29 is 18.7 Å². The summed E-state index contributed by atoms with van der Waals surface area (Å²) < 4.78 is 18.8. The number of carbonyl (C=O) groups is 2. The quantitative estimate of drug-likeness (QED) is 0.681. The summed E-state index contributed by atoms with van der Waals surface area (Å²) in [5.74, 6) is 0.856. The van der Waals surface area contributed by atoms with Crippen LogP contribution in [0.25, 0.3) is 0 Å². The number of halogens is 1. The van der Waals surface area contributed by atoms with Gasteiger partial charge in [-0.1, -0.05) is 0 Å². The fourth-order valence-electron chi connectivity index (χ4n) is 3.94. The van der Waals surface area contributed by atoms with Gasteiger partial charge in [-0.05, 0) is 44.0 Å². The van der Waals surface area contributed by atoms with Gasteiger partial charge in [0.25, 0.3) is 0 Å². The monoisotopic (exact) mass is 427 g/mol. The number of ether oxygens (including phenoxy) is 1. The second kappa shape index (κ2) is 9.28. The molecular weight excluding hydrogens is 401 g/mol. The Labute approximate surface area is 180 Å². The number of benzene rings is 1. The zero-order valence-corrected chi connectivity index (χ0v) is 17.5. The van der Waals surface area contributed by atoms with Gasteiger partial charge in [-0.15, -0.1) is 0 Å². The first kappa shape index (κ1) is 21.0. The van der Waals surface area contributed by atoms with E-state index < -0.39 is 5.92 Å². The second-order valence-corrected chi connectivity index (χ2v) is 7.83. The molecule has 2 aliphatic rings. The maximum atomic E-state index is 13.1. The molecule has 2 amide bonds. The highest BCUT2D eigenvalue weighted by molar-refractivity contribution is 6.00. The Bertz CT molecular complexity index is 947. The molecule has 31 heavy (non-hydrogen) atoms. The summed E-state index contributed by atoms with van der Waals surface area (Å²) in [5, 5.41) is 2.82. The lowest BCUT2D eigenvalue weighted by molar-refractivity contribution is -0.126. The van der Waals surface area contributed by atoms with Crippen molar-refractivity contribution in [2.75, 3.05) is 42.6 Å².